The highest BCUT2D eigenvalue weighted by atomic mass is 16.5. The molecule has 0 heterocycles. The predicted octanol–water partition coefficient (Wildman–Crippen LogP) is 1.84. The number of unbranched alkanes of at least 4 members (excludes halogenated alkanes) is 1. The Balaban J connectivity index is 3.14. The van der Waals surface area contributed by atoms with Gasteiger partial charge >= 0.3 is 0 Å². The van der Waals surface area contributed by atoms with Gasteiger partial charge in [-0.1, -0.05) is 13.3 Å². The van der Waals surface area contributed by atoms with Gasteiger partial charge in [-0.05, 0) is 26.2 Å². The molecule has 0 radical (unpaired) electrons. The molecule has 4 nitrogen and oxygen atoms in total. The number of nitriles is 1. The lowest BCUT2D eigenvalue weighted by atomic mass is 10.00. The van der Waals surface area contributed by atoms with Gasteiger partial charge in [0.15, 0.2) is 0 Å². The average molecular weight is 228 g/mol. The molecule has 0 aliphatic heterocycles. The summed E-state index contributed by atoms with van der Waals surface area (Å²) in [6.45, 7) is 6.61. The van der Waals surface area contributed by atoms with Crippen LogP contribution in [-0.4, -0.2) is 32.0 Å². The maximum absolute atomic E-state index is 8.68. The minimum absolute atomic E-state index is 0.623. The highest BCUT2D eigenvalue weighted by Crippen LogP contribution is 2.06. The fourth-order valence-corrected chi connectivity index (χ4v) is 1.17. The number of rotatable bonds is 10. The fourth-order valence-electron chi connectivity index (χ4n) is 1.17. The van der Waals surface area contributed by atoms with Gasteiger partial charge in [0.2, 0.25) is 0 Å². The van der Waals surface area contributed by atoms with Gasteiger partial charge in [-0.15, -0.1) is 0 Å². The van der Waals surface area contributed by atoms with Gasteiger partial charge in [-0.25, -0.2) is 0 Å². The Morgan fingerprint density at radius 3 is 2.19 bits per heavy atom. The molecule has 1 atom stereocenters. The van der Waals surface area contributed by atoms with Gasteiger partial charge in [0.25, 0.3) is 0 Å². The molecule has 16 heavy (non-hydrogen) atoms. The number of nitrogens with two attached hydrogens (primary N) is 1. The van der Waals surface area contributed by atoms with Crippen molar-refractivity contribution >= 4 is 0 Å². The van der Waals surface area contributed by atoms with E-state index in [1.807, 2.05) is 0 Å². The van der Waals surface area contributed by atoms with Crippen molar-refractivity contribution < 1.29 is 9.47 Å². The Morgan fingerprint density at radius 1 is 1.12 bits per heavy atom. The first-order chi connectivity index (χ1) is 7.62. The Morgan fingerprint density at radius 2 is 1.69 bits per heavy atom. The predicted molar refractivity (Wildman–Crippen MR) is 64.0 cm³/mol. The van der Waals surface area contributed by atoms with E-state index < -0.39 is 5.54 Å². The molecule has 0 saturated heterocycles. The Labute approximate surface area is 98.7 Å². The van der Waals surface area contributed by atoms with Gasteiger partial charge in [0, 0.05) is 13.2 Å². The summed E-state index contributed by atoms with van der Waals surface area (Å²) in [7, 11) is 0. The van der Waals surface area contributed by atoms with E-state index in [2.05, 4.69) is 13.0 Å². The van der Waals surface area contributed by atoms with Crippen LogP contribution >= 0.6 is 0 Å². The molecule has 0 saturated carbocycles. The smallest absolute Gasteiger partial charge is 0.101 e. The number of ether oxygens (including phenoxy) is 2. The quantitative estimate of drug-likeness (QED) is 0.579. The van der Waals surface area contributed by atoms with Crippen LogP contribution < -0.4 is 5.73 Å². The van der Waals surface area contributed by atoms with E-state index in [4.69, 9.17) is 20.5 Å². The molecule has 2 N–H and O–H groups in total. The highest BCUT2D eigenvalue weighted by Gasteiger charge is 2.15. The third-order valence-electron chi connectivity index (χ3n) is 2.25. The molecule has 0 aromatic carbocycles. The van der Waals surface area contributed by atoms with E-state index in [9.17, 15) is 0 Å². The van der Waals surface area contributed by atoms with Gasteiger partial charge in [0.05, 0.1) is 19.3 Å². The Kier molecular flexibility index (Phi) is 9.21. The lowest BCUT2D eigenvalue weighted by Crippen LogP contribution is -2.34. The van der Waals surface area contributed by atoms with Crippen molar-refractivity contribution in [2.75, 3.05) is 26.4 Å². The minimum atomic E-state index is -0.721. The zero-order valence-corrected chi connectivity index (χ0v) is 10.5. The summed E-state index contributed by atoms with van der Waals surface area (Å²) in [5, 5.41) is 8.68. The fraction of sp³-hybridized carbons (Fsp3) is 0.917. The summed E-state index contributed by atoms with van der Waals surface area (Å²) in [5.74, 6) is 0. The lowest BCUT2D eigenvalue weighted by Gasteiger charge is -2.14. The van der Waals surface area contributed by atoms with Crippen molar-refractivity contribution in [3.63, 3.8) is 0 Å². The second kappa shape index (κ2) is 9.59. The van der Waals surface area contributed by atoms with Crippen LogP contribution in [0.2, 0.25) is 0 Å². The van der Waals surface area contributed by atoms with Gasteiger partial charge in [0.1, 0.15) is 5.54 Å². The second-order valence-electron chi connectivity index (χ2n) is 4.21. The van der Waals surface area contributed by atoms with Crippen molar-refractivity contribution in [1.82, 2.24) is 0 Å². The van der Waals surface area contributed by atoms with E-state index in [1.54, 1.807) is 6.92 Å². The summed E-state index contributed by atoms with van der Waals surface area (Å²) in [5.41, 5.74) is 4.95. The van der Waals surface area contributed by atoms with E-state index in [-0.39, 0.29) is 0 Å². The first kappa shape index (κ1) is 15.4. The van der Waals surface area contributed by atoms with Crippen molar-refractivity contribution in [1.29, 1.82) is 5.26 Å². The molecule has 4 heteroatoms. The average Bonchev–Trinajstić information content (AvgIpc) is 2.27. The molecule has 0 bridgehead atoms. The summed E-state index contributed by atoms with van der Waals surface area (Å²) in [6.07, 6.45) is 3.74. The SMILES string of the molecule is CCCCOCCOCCCC(C)(N)C#N. The van der Waals surface area contributed by atoms with Crippen LogP contribution in [0.25, 0.3) is 0 Å². The summed E-state index contributed by atoms with van der Waals surface area (Å²) >= 11 is 0. The van der Waals surface area contributed by atoms with Crippen LogP contribution in [0, 0.1) is 11.3 Å². The third kappa shape index (κ3) is 9.91. The van der Waals surface area contributed by atoms with Crippen LogP contribution in [0.5, 0.6) is 0 Å². The molecular weight excluding hydrogens is 204 g/mol. The zero-order valence-electron chi connectivity index (χ0n) is 10.5. The molecule has 0 aliphatic carbocycles. The molecule has 0 aromatic heterocycles. The van der Waals surface area contributed by atoms with Crippen molar-refractivity contribution in [3.8, 4) is 6.07 Å². The second-order valence-corrected chi connectivity index (χ2v) is 4.21. The maximum Gasteiger partial charge on any atom is 0.101 e. The molecule has 0 rings (SSSR count). The van der Waals surface area contributed by atoms with Crippen LogP contribution in [0.15, 0.2) is 0 Å². The maximum atomic E-state index is 8.68. The normalized spacial score (nSPS) is 14.4. The lowest BCUT2D eigenvalue weighted by molar-refractivity contribution is 0.0446. The van der Waals surface area contributed by atoms with Crippen LogP contribution in [-0.2, 0) is 9.47 Å². The number of hydrogen-bond donors (Lipinski definition) is 1. The first-order valence-corrected chi connectivity index (χ1v) is 5.98. The minimum Gasteiger partial charge on any atom is -0.379 e. The number of hydrogen-bond acceptors (Lipinski definition) is 4. The van der Waals surface area contributed by atoms with E-state index in [0.29, 0.717) is 26.2 Å². The molecule has 0 amide bonds. The van der Waals surface area contributed by atoms with E-state index >= 15 is 0 Å². The van der Waals surface area contributed by atoms with Gasteiger partial charge < -0.3 is 15.2 Å². The van der Waals surface area contributed by atoms with Crippen LogP contribution in [0.3, 0.4) is 0 Å². The van der Waals surface area contributed by atoms with Crippen LogP contribution in [0.4, 0.5) is 0 Å². The van der Waals surface area contributed by atoms with Crippen molar-refractivity contribution in [2.45, 2.75) is 45.1 Å². The van der Waals surface area contributed by atoms with E-state index in [1.165, 1.54) is 0 Å². The first-order valence-electron chi connectivity index (χ1n) is 5.98. The third-order valence-corrected chi connectivity index (χ3v) is 2.25. The molecule has 1 unspecified atom stereocenters. The highest BCUT2D eigenvalue weighted by molar-refractivity contribution is 5.00. The van der Waals surface area contributed by atoms with E-state index in [0.717, 1.165) is 25.9 Å². The molecular formula is C12H24N2O2. The van der Waals surface area contributed by atoms with Crippen LogP contribution in [0.1, 0.15) is 39.5 Å². The summed E-state index contributed by atoms with van der Waals surface area (Å²) in [6, 6.07) is 2.06. The topological polar surface area (TPSA) is 68.3 Å². The van der Waals surface area contributed by atoms with Gasteiger partial charge in [-0.3, -0.25) is 0 Å². The summed E-state index contributed by atoms with van der Waals surface area (Å²) < 4.78 is 10.7. The Bertz CT molecular complexity index is 200. The molecule has 0 aromatic rings. The largest absolute Gasteiger partial charge is 0.379 e. The summed E-state index contributed by atoms with van der Waals surface area (Å²) in [4.78, 5) is 0. The monoisotopic (exact) mass is 228 g/mol. The molecule has 0 aliphatic rings. The molecule has 0 fully saturated rings. The van der Waals surface area contributed by atoms with Crippen molar-refractivity contribution in [3.05, 3.63) is 0 Å². The van der Waals surface area contributed by atoms with Gasteiger partial charge in [-0.2, -0.15) is 5.26 Å². The number of nitrogens with zero attached hydrogens (tertiary/aromatic N) is 1. The standard InChI is InChI=1S/C12H24N2O2/c1-3-4-7-15-9-10-16-8-5-6-12(2,14)11-13/h3-10,14H2,1-2H3. The Hall–Kier alpha value is -0.630. The molecule has 94 valence electrons. The van der Waals surface area contributed by atoms with Crippen molar-refractivity contribution in [2.24, 2.45) is 5.73 Å². The zero-order chi connectivity index (χ0) is 12.3. The molecule has 0 spiro atoms.